The van der Waals surface area contributed by atoms with E-state index in [9.17, 15) is 4.79 Å². The molecule has 1 N–H and O–H groups in total. The highest BCUT2D eigenvalue weighted by Gasteiger charge is 2.22. The van der Waals surface area contributed by atoms with Crippen LogP contribution in [-0.4, -0.2) is 50.7 Å². The summed E-state index contributed by atoms with van der Waals surface area (Å²) in [6.45, 7) is 7.40. The van der Waals surface area contributed by atoms with Crippen molar-refractivity contribution in [3.63, 3.8) is 0 Å². The third-order valence-electron chi connectivity index (χ3n) is 4.48. The van der Waals surface area contributed by atoms with Crippen molar-refractivity contribution in [3.05, 3.63) is 23.8 Å². The maximum Gasteiger partial charge on any atom is 0.251 e. The molecule has 128 valence electrons. The second-order valence-corrected chi connectivity index (χ2v) is 6.38. The standard InChI is InChI=1S/C18H28N2O3/c1-13(2)20-9-5-6-14(12-20)11-19-18(21)15-7-8-16(22-3)17(10-15)23-4/h7-8,10,13-14H,5-6,9,11-12H2,1-4H3,(H,19,21). The molecule has 23 heavy (non-hydrogen) atoms. The van der Waals surface area contributed by atoms with E-state index in [2.05, 4.69) is 24.1 Å². The molecule has 1 heterocycles. The smallest absolute Gasteiger partial charge is 0.251 e. The van der Waals surface area contributed by atoms with Crippen molar-refractivity contribution in [2.24, 2.45) is 5.92 Å². The fraction of sp³-hybridized carbons (Fsp3) is 0.611. The normalized spacial score (nSPS) is 18.7. The number of rotatable bonds is 6. The van der Waals surface area contributed by atoms with Gasteiger partial charge in [-0.2, -0.15) is 0 Å². The average molecular weight is 320 g/mol. The van der Waals surface area contributed by atoms with Gasteiger partial charge < -0.3 is 19.7 Å². The Morgan fingerprint density at radius 1 is 1.30 bits per heavy atom. The molecule has 1 aliphatic rings. The molecule has 0 bridgehead atoms. The number of hydrogen-bond acceptors (Lipinski definition) is 4. The highest BCUT2D eigenvalue weighted by Crippen LogP contribution is 2.27. The largest absolute Gasteiger partial charge is 0.493 e. The van der Waals surface area contributed by atoms with Crippen LogP contribution in [0, 0.1) is 5.92 Å². The topological polar surface area (TPSA) is 50.8 Å². The number of piperidine rings is 1. The molecule has 0 spiro atoms. The summed E-state index contributed by atoms with van der Waals surface area (Å²) in [5, 5.41) is 3.05. The summed E-state index contributed by atoms with van der Waals surface area (Å²) in [6, 6.07) is 5.81. The van der Waals surface area contributed by atoms with E-state index in [1.165, 1.54) is 12.8 Å². The molecule has 1 atom stereocenters. The van der Waals surface area contributed by atoms with Crippen LogP contribution in [0.4, 0.5) is 0 Å². The highest BCUT2D eigenvalue weighted by molar-refractivity contribution is 5.94. The molecule has 1 aliphatic heterocycles. The number of ether oxygens (including phenoxy) is 2. The lowest BCUT2D eigenvalue weighted by Gasteiger charge is -2.35. The highest BCUT2D eigenvalue weighted by atomic mass is 16.5. The Bertz CT molecular complexity index is 531. The van der Waals surface area contributed by atoms with Crippen molar-refractivity contribution in [2.45, 2.75) is 32.7 Å². The molecule has 1 aromatic carbocycles. The summed E-state index contributed by atoms with van der Waals surface area (Å²) in [5.74, 6) is 1.66. The molecule has 1 unspecified atom stereocenters. The van der Waals surface area contributed by atoms with E-state index in [1.807, 2.05) is 0 Å². The van der Waals surface area contributed by atoms with E-state index in [0.29, 0.717) is 29.0 Å². The van der Waals surface area contributed by atoms with Gasteiger partial charge in [-0.25, -0.2) is 0 Å². The number of carbonyl (C=O) groups excluding carboxylic acids is 1. The van der Waals surface area contributed by atoms with Gasteiger partial charge in [0, 0.05) is 24.7 Å². The summed E-state index contributed by atoms with van der Waals surface area (Å²) >= 11 is 0. The van der Waals surface area contributed by atoms with Crippen LogP contribution < -0.4 is 14.8 Å². The number of benzene rings is 1. The second kappa shape index (κ2) is 8.20. The van der Waals surface area contributed by atoms with Crippen molar-refractivity contribution in [3.8, 4) is 11.5 Å². The van der Waals surface area contributed by atoms with E-state index >= 15 is 0 Å². The second-order valence-electron chi connectivity index (χ2n) is 6.38. The van der Waals surface area contributed by atoms with E-state index < -0.39 is 0 Å². The zero-order chi connectivity index (χ0) is 16.8. The lowest BCUT2D eigenvalue weighted by Crippen LogP contribution is -2.43. The van der Waals surface area contributed by atoms with Gasteiger partial charge in [0.25, 0.3) is 5.91 Å². The molecule has 5 nitrogen and oxygen atoms in total. The van der Waals surface area contributed by atoms with Gasteiger partial charge in [0.15, 0.2) is 11.5 Å². The minimum Gasteiger partial charge on any atom is -0.493 e. The minimum atomic E-state index is -0.0624. The number of likely N-dealkylation sites (tertiary alicyclic amines) is 1. The Balaban J connectivity index is 1.92. The number of methoxy groups -OCH3 is 2. The molecule has 0 aromatic heterocycles. The molecular weight excluding hydrogens is 292 g/mol. The van der Waals surface area contributed by atoms with Crippen LogP contribution in [0.25, 0.3) is 0 Å². The van der Waals surface area contributed by atoms with Crippen molar-refractivity contribution in [2.75, 3.05) is 33.9 Å². The first-order chi connectivity index (χ1) is 11.0. The average Bonchev–Trinajstić information content (AvgIpc) is 2.59. The molecule has 5 heteroatoms. The quantitative estimate of drug-likeness (QED) is 0.875. The molecule has 1 aromatic rings. The Labute approximate surface area is 139 Å². The molecule has 1 amide bonds. The maximum atomic E-state index is 12.3. The van der Waals surface area contributed by atoms with Gasteiger partial charge >= 0.3 is 0 Å². The number of nitrogens with one attached hydrogen (secondary N) is 1. The van der Waals surface area contributed by atoms with Gasteiger partial charge in [-0.1, -0.05) is 0 Å². The van der Waals surface area contributed by atoms with Crippen molar-refractivity contribution in [1.82, 2.24) is 10.2 Å². The van der Waals surface area contributed by atoms with E-state index in [1.54, 1.807) is 32.4 Å². The van der Waals surface area contributed by atoms with E-state index in [-0.39, 0.29) is 5.91 Å². The van der Waals surface area contributed by atoms with Gasteiger partial charge in [0.1, 0.15) is 0 Å². The molecule has 0 saturated carbocycles. The first-order valence-corrected chi connectivity index (χ1v) is 8.29. The van der Waals surface area contributed by atoms with Gasteiger partial charge in [-0.3, -0.25) is 4.79 Å². The minimum absolute atomic E-state index is 0.0624. The zero-order valence-corrected chi connectivity index (χ0v) is 14.6. The van der Waals surface area contributed by atoms with Crippen molar-refractivity contribution >= 4 is 5.91 Å². The predicted molar refractivity (Wildman–Crippen MR) is 91.3 cm³/mol. The Kier molecular flexibility index (Phi) is 6.28. The first-order valence-electron chi connectivity index (χ1n) is 8.29. The SMILES string of the molecule is COc1ccc(C(=O)NCC2CCCN(C(C)C)C2)cc1OC. The monoisotopic (exact) mass is 320 g/mol. The van der Waals surface area contributed by atoms with E-state index in [4.69, 9.17) is 9.47 Å². The number of nitrogens with zero attached hydrogens (tertiary/aromatic N) is 1. The summed E-state index contributed by atoms with van der Waals surface area (Å²) < 4.78 is 10.4. The fourth-order valence-corrected chi connectivity index (χ4v) is 3.05. The zero-order valence-electron chi connectivity index (χ0n) is 14.6. The summed E-state index contributed by atoms with van der Waals surface area (Å²) in [6.07, 6.45) is 2.38. The predicted octanol–water partition coefficient (Wildman–Crippen LogP) is 2.55. The Morgan fingerprint density at radius 3 is 2.70 bits per heavy atom. The Hall–Kier alpha value is -1.75. The van der Waals surface area contributed by atoms with Crippen LogP contribution in [0.5, 0.6) is 11.5 Å². The third kappa shape index (κ3) is 4.61. The number of amides is 1. The summed E-state index contributed by atoms with van der Waals surface area (Å²) in [5.41, 5.74) is 0.596. The van der Waals surface area contributed by atoms with Crippen LogP contribution >= 0.6 is 0 Å². The fourth-order valence-electron chi connectivity index (χ4n) is 3.05. The Morgan fingerprint density at radius 2 is 2.04 bits per heavy atom. The van der Waals surface area contributed by atoms with Crippen LogP contribution in [0.2, 0.25) is 0 Å². The van der Waals surface area contributed by atoms with Crippen LogP contribution in [-0.2, 0) is 0 Å². The maximum absolute atomic E-state index is 12.3. The molecular formula is C18H28N2O3. The first kappa shape index (κ1) is 17.6. The van der Waals surface area contributed by atoms with Crippen molar-refractivity contribution in [1.29, 1.82) is 0 Å². The van der Waals surface area contributed by atoms with Crippen LogP contribution in [0.15, 0.2) is 18.2 Å². The van der Waals surface area contributed by atoms with Gasteiger partial charge in [0.05, 0.1) is 14.2 Å². The van der Waals surface area contributed by atoms with Gasteiger partial charge in [0.2, 0.25) is 0 Å². The van der Waals surface area contributed by atoms with Gasteiger partial charge in [-0.15, -0.1) is 0 Å². The molecule has 1 saturated heterocycles. The molecule has 2 rings (SSSR count). The summed E-state index contributed by atoms with van der Waals surface area (Å²) in [4.78, 5) is 14.8. The summed E-state index contributed by atoms with van der Waals surface area (Å²) in [7, 11) is 3.16. The van der Waals surface area contributed by atoms with Crippen molar-refractivity contribution < 1.29 is 14.3 Å². The third-order valence-corrected chi connectivity index (χ3v) is 4.48. The molecule has 0 radical (unpaired) electrons. The number of hydrogen-bond donors (Lipinski definition) is 1. The van der Waals surface area contributed by atoms with Gasteiger partial charge in [-0.05, 0) is 57.4 Å². The molecule has 0 aliphatic carbocycles. The number of carbonyl (C=O) groups is 1. The lowest BCUT2D eigenvalue weighted by molar-refractivity contribution is 0.0922. The molecule has 1 fully saturated rings. The lowest BCUT2D eigenvalue weighted by atomic mass is 9.97. The van der Waals surface area contributed by atoms with Crippen LogP contribution in [0.1, 0.15) is 37.0 Å². The van der Waals surface area contributed by atoms with Crippen LogP contribution in [0.3, 0.4) is 0 Å². The van der Waals surface area contributed by atoms with E-state index in [0.717, 1.165) is 19.6 Å².